The lowest BCUT2D eigenvalue weighted by Gasteiger charge is -2.28. The highest BCUT2D eigenvalue weighted by molar-refractivity contribution is 7.99. The maximum atomic E-state index is 12.1. The molecule has 0 aliphatic heterocycles. The fourth-order valence-electron chi connectivity index (χ4n) is 2.90. The molecule has 1 nitrogen and oxygen atoms in total. The SMILES string of the molecule is CSC1CCC(/C(C)=C/c2ccc(OC(F)(F)F)cc2)CC1. The van der Waals surface area contributed by atoms with E-state index >= 15 is 0 Å². The minimum atomic E-state index is -4.64. The second-order valence-corrected chi connectivity index (χ2v) is 6.85. The van der Waals surface area contributed by atoms with E-state index in [-0.39, 0.29) is 5.75 Å². The molecule has 0 amide bonds. The van der Waals surface area contributed by atoms with Crippen LogP contribution in [0, 0.1) is 5.92 Å². The zero-order valence-electron chi connectivity index (χ0n) is 12.8. The Hall–Kier alpha value is -1.10. The lowest BCUT2D eigenvalue weighted by atomic mass is 9.83. The highest BCUT2D eigenvalue weighted by atomic mass is 32.2. The average molecular weight is 330 g/mol. The Bertz CT molecular complexity index is 500. The lowest BCUT2D eigenvalue weighted by molar-refractivity contribution is -0.274. The van der Waals surface area contributed by atoms with Gasteiger partial charge in [0.15, 0.2) is 0 Å². The minimum Gasteiger partial charge on any atom is -0.406 e. The summed E-state index contributed by atoms with van der Waals surface area (Å²) in [6, 6.07) is 6.05. The van der Waals surface area contributed by atoms with E-state index in [1.165, 1.54) is 43.4 Å². The van der Waals surface area contributed by atoms with Crippen molar-refractivity contribution in [2.45, 2.75) is 44.2 Å². The number of hydrogen-bond acceptors (Lipinski definition) is 2. The van der Waals surface area contributed by atoms with Crippen LogP contribution in [-0.4, -0.2) is 17.9 Å². The van der Waals surface area contributed by atoms with Gasteiger partial charge in [-0.25, -0.2) is 0 Å². The van der Waals surface area contributed by atoms with Crippen molar-refractivity contribution in [1.82, 2.24) is 0 Å². The number of alkyl halides is 3. The van der Waals surface area contributed by atoms with Gasteiger partial charge in [-0.15, -0.1) is 13.2 Å². The smallest absolute Gasteiger partial charge is 0.406 e. The summed E-state index contributed by atoms with van der Waals surface area (Å²) in [5.74, 6) is 0.414. The third-order valence-electron chi connectivity index (χ3n) is 4.16. The molecule has 1 aliphatic rings. The number of thioether (sulfide) groups is 1. The van der Waals surface area contributed by atoms with E-state index in [9.17, 15) is 13.2 Å². The predicted molar refractivity (Wildman–Crippen MR) is 86.0 cm³/mol. The van der Waals surface area contributed by atoms with Crippen LogP contribution in [0.3, 0.4) is 0 Å². The number of halogens is 3. The lowest BCUT2D eigenvalue weighted by Crippen LogP contribution is -2.17. The summed E-state index contributed by atoms with van der Waals surface area (Å²) < 4.78 is 40.2. The van der Waals surface area contributed by atoms with Crippen molar-refractivity contribution in [1.29, 1.82) is 0 Å². The molecule has 1 aliphatic carbocycles. The van der Waals surface area contributed by atoms with E-state index in [0.29, 0.717) is 5.92 Å². The molecule has 0 aromatic heterocycles. The van der Waals surface area contributed by atoms with Crippen LogP contribution in [-0.2, 0) is 0 Å². The fourth-order valence-corrected chi connectivity index (χ4v) is 3.64. The van der Waals surface area contributed by atoms with E-state index in [4.69, 9.17) is 0 Å². The van der Waals surface area contributed by atoms with Crippen molar-refractivity contribution in [3.05, 3.63) is 35.4 Å². The highest BCUT2D eigenvalue weighted by Crippen LogP contribution is 2.35. The Labute approximate surface area is 133 Å². The van der Waals surface area contributed by atoms with Crippen molar-refractivity contribution in [3.63, 3.8) is 0 Å². The van der Waals surface area contributed by atoms with Crippen LogP contribution >= 0.6 is 11.8 Å². The highest BCUT2D eigenvalue weighted by Gasteiger charge is 2.30. The summed E-state index contributed by atoms with van der Waals surface area (Å²) in [4.78, 5) is 0. The minimum absolute atomic E-state index is 0.178. The standard InChI is InChI=1S/C17H21F3OS/c1-12(14-5-9-16(22-2)10-6-14)11-13-3-7-15(8-4-13)21-17(18,19)20/h3-4,7-8,11,14,16H,5-6,9-10H2,1-2H3/b12-11+. The molecule has 0 spiro atoms. The van der Waals surface area contributed by atoms with Gasteiger partial charge in [-0.1, -0.05) is 23.8 Å². The number of benzene rings is 1. The maximum absolute atomic E-state index is 12.1. The molecule has 0 radical (unpaired) electrons. The number of hydrogen-bond donors (Lipinski definition) is 0. The first-order chi connectivity index (χ1) is 10.4. The van der Waals surface area contributed by atoms with Crippen LogP contribution in [0.15, 0.2) is 29.8 Å². The first-order valence-electron chi connectivity index (χ1n) is 7.44. The van der Waals surface area contributed by atoms with Crippen molar-refractivity contribution >= 4 is 17.8 Å². The van der Waals surface area contributed by atoms with Crippen molar-refractivity contribution in [2.75, 3.05) is 6.26 Å². The van der Waals surface area contributed by atoms with Crippen LogP contribution in [0.1, 0.15) is 38.2 Å². The first-order valence-corrected chi connectivity index (χ1v) is 8.73. The van der Waals surface area contributed by atoms with Crippen LogP contribution in [0.5, 0.6) is 5.75 Å². The van der Waals surface area contributed by atoms with Gasteiger partial charge in [0.25, 0.3) is 0 Å². The number of allylic oxidation sites excluding steroid dienone is 1. The molecule has 0 bridgehead atoms. The van der Waals surface area contributed by atoms with Crippen LogP contribution in [0.2, 0.25) is 0 Å². The molecule has 1 fully saturated rings. The molecule has 0 heterocycles. The van der Waals surface area contributed by atoms with Crippen LogP contribution in [0.25, 0.3) is 6.08 Å². The van der Waals surface area contributed by atoms with E-state index in [1.807, 2.05) is 11.8 Å². The molecule has 0 N–H and O–H groups in total. The van der Waals surface area contributed by atoms with Crippen LogP contribution < -0.4 is 4.74 Å². The van der Waals surface area contributed by atoms with Gasteiger partial charge in [0, 0.05) is 5.25 Å². The molecular weight excluding hydrogens is 309 g/mol. The van der Waals surface area contributed by atoms with E-state index in [1.54, 1.807) is 12.1 Å². The van der Waals surface area contributed by atoms with E-state index < -0.39 is 6.36 Å². The zero-order chi connectivity index (χ0) is 16.2. The van der Waals surface area contributed by atoms with Crippen molar-refractivity contribution in [2.24, 2.45) is 5.92 Å². The number of rotatable bonds is 4. The third-order valence-corrected chi connectivity index (χ3v) is 5.30. The maximum Gasteiger partial charge on any atom is 0.573 e. The third kappa shape index (κ3) is 5.27. The zero-order valence-corrected chi connectivity index (χ0v) is 13.6. The normalized spacial score (nSPS) is 23.4. The Morgan fingerprint density at radius 2 is 1.73 bits per heavy atom. The summed E-state index contributed by atoms with van der Waals surface area (Å²) >= 11 is 1.94. The molecule has 1 aromatic rings. The van der Waals surface area contributed by atoms with Gasteiger partial charge in [0.05, 0.1) is 0 Å². The number of ether oxygens (including phenoxy) is 1. The molecule has 122 valence electrons. The van der Waals surface area contributed by atoms with Gasteiger partial charge in [0.2, 0.25) is 0 Å². The molecule has 1 saturated carbocycles. The molecule has 0 unspecified atom stereocenters. The summed E-state index contributed by atoms with van der Waals surface area (Å²) in [6.07, 6.45) is 4.49. The molecule has 2 rings (SSSR count). The monoisotopic (exact) mass is 330 g/mol. The molecule has 5 heteroatoms. The quantitative estimate of drug-likeness (QED) is 0.678. The topological polar surface area (TPSA) is 9.23 Å². The molecule has 1 aromatic carbocycles. The van der Waals surface area contributed by atoms with Gasteiger partial charge in [-0.2, -0.15) is 11.8 Å². The Morgan fingerprint density at radius 3 is 2.23 bits per heavy atom. The Balaban J connectivity index is 1.97. The van der Waals surface area contributed by atoms with Crippen molar-refractivity contribution < 1.29 is 17.9 Å². The molecule has 0 atom stereocenters. The average Bonchev–Trinajstić information content (AvgIpc) is 2.48. The molecular formula is C17H21F3OS. The van der Waals surface area contributed by atoms with Crippen molar-refractivity contribution in [3.8, 4) is 5.75 Å². The second-order valence-electron chi connectivity index (χ2n) is 5.71. The van der Waals surface area contributed by atoms with Gasteiger partial charge in [0.1, 0.15) is 5.75 Å². The van der Waals surface area contributed by atoms with Crippen LogP contribution in [0.4, 0.5) is 13.2 Å². The van der Waals surface area contributed by atoms with Gasteiger partial charge in [-0.3, -0.25) is 0 Å². The van der Waals surface area contributed by atoms with Gasteiger partial charge < -0.3 is 4.74 Å². The molecule has 22 heavy (non-hydrogen) atoms. The summed E-state index contributed by atoms with van der Waals surface area (Å²) in [5, 5.41) is 0.780. The van der Waals surface area contributed by atoms with E-state index in [2.05, 4.69) is 24.0 Å². The Morgan fingerprint density at radius 1 is 1.14 bits per heavy atom. The predicted octanol–water partition coefficient (Wildman–Crippen LogP) is 5.91. The summed E-state index contributed by atoms with van der Waals surface area (Å²) in [6.45, 7) is 2.12. The first kappa shape index (κ1) is 17.3. The fraction of sp³-hybridized carbons (Fsp3) is 0.529. The van der Waals surface area contributed by atoms with E-state index in [0.717, 1.165) is 10.8 Å². The Kier molecular flexibility index (Phi) is 5.84. The summed E-state index contributed by atoms with van der Waals surface area (Å²) in [5.41, 5.74) is 2.23. The van der Waals surface area contributed by atoms with Gasteiger partial charge >= 0.3 is 6.36 Å². The second kappa shape index (κ2) is 7.44. The van der Waals surface area contributed by atoms with Gasteiger partial charge in [-0.05, 0) is 62.5 Å². The largest absolute Gasteiger partial charge is 0.573 e. The summed E-state index contributed by atoms with van der Waals surface area (Å²) in [7, 11) is 0. The molecule has 0 saturated heterocycles.